The molecule has 0 bridgehead atoms. The number of aliphatic imine (C=N–C) groups is 1. The van der Waals surface area contributed by atoms with E-state index >= 15 is 0 Å². The molecule has 3 aliphatic heterocycles. The molecule has 13 nitrogen and oxygen atoms in total. The van der Waals surface area contributed by atoms with E-state index in [0.717, 1.165) is 53.6 Å². The molecule has 0 fully saturated rings. The van der Waals surface area contributed by atoms with Gasteiger partial charge in [-0.05, 0) is 58.9 Å². The molecule has 0 aliphatic carbocycles. The van der Waals surface area contributed by atoms with Crippen molar-refractivity contribution in [2.45, 2.75) is 84.7 Å². The Morgan fingerprint density at radius 3 is 2.66 bits per heavy atom. The summed E-state index contributed by atoms with van der Waals surface area (Å²) >= 11 is 0. The number of ether oxygens (including phenoxy) is 3. The minimum atomic E-state index is -1.80. The van der Waals surface area contributed by atoms with Crippen LogP contribution in [0.1, 0.15) is 77.0 Å². The van der Waals surface area contributed by atoms with Crippen LogP contribution in [-0.2, 0) is 47.3 Å². The molecular formula is C37H46N6O7. The fourth-order valence-electron chi connectivity index (χ4n) is 6.92. The normalized spacial score (nSPS) is 17.4. The first-order valence-electron chi connectivity index (χ1n) is 17.4. The summed E-state index contributed by atoms with van der Waals surface area (Å²) in [4.78, 5) is 66.8. The van der Waals surface area contributed by atoms with Crippen LogP contribution in [0.4, 0.5) is 11.4 Å². The first kappa shape index (κ1) is 35.2. The minimum Gasteiger partial charge on any atom is -0.459 e. The molecule has 5 heterocycles. The molecule has 0 radical (unpaired) electrons. The van der Waals surface area contributed by atoms with Crippen LogP contribution < -0.4 is 15.8 Å². The summed E-state index contributed by atoms with van der Waals surface area (Å²) in [6.07, 6.45) is 5.11. The van der Waals surface area contributed by atoms with Crippen LogP contribution in [0.3, 0.4) is 0 Å². The maximum Gasteiger partial charge on any atom is 0.355 e. The fourth-order valence-corrected chi connectivity index (χ4v) is 6.92. The summed E-state index contributed by atoms with van der Waals surface area (Å²) in [5, 5.41) is 3.97. The summed E-state index contributed by atoms with van der Waals surface area (Å²) in [6.45, 7) is 10.9. The maximum absolute atomic E-state index is 14.2. The van der Waals surface area contributed by atoms with E-state index in [1.165, 1.54) is 0 Å². The Hall–Kier alpha value is -4.62. The van der Waals surface area contributed by atoms with Gasteiger partial charge in [0, 0.05) is 30.8 Å². The van der Waals surface area contributed by atoms with Crippen molar-refractivity contribution in [3.05, 3.63) is 51.3 Å². The number of hydrogen-bond acceptors (Lipinski definition) is 12. The number of pyridine rings is 2. The number of carbonyl (C=O) groups is 3. The Balaban J connectivity index is 1.28. The van der Waals surface area contributed by atoms with E-state index in [9.17, 15) is 19.2 Å². The molecule has 6 rings (SSSR count). The molecule has 0 saturated heterocycles. The number of benzene rings is 1. The highest BCUT2D eigenvalue weighted by Gasteiger charge is 2.50. The first-order chi connectivity index (χ1) is 23.9. The van der Waals surface area contributed by atoms with E-state index < -0.39 is 23.1 Å². The summed E-state index contributed by atoms with van der Waals surface area (Å²) in [6, 6.07) is 7.63. The summed E-state index contributed by atoms with van der Waals surface area (Å²) in [7, 11) is 1.74. The predicted molar refractivity (Wildman–Crippen MR) is 190 cm³/mol. The quantitative estimate of drug-likeness (QED) is 0.123. The number of rotatable bonds is 13. The predicted octanol–water partition coefficient (Wildman–Crippen LogP) is 4.16. The van der Waals surface area contributed by atoms with Crippen LogP contribution >= 0.6 is 0 Å². The lowest BCUT2D eigenvalue weighted by atomic mass is 9.85. The van der Waals surface area contributed by atoms with Crippen molar-refractivity contribution in [3.63, 3.8) is 0 Å². The van der Waals surface area contributed by atoms with Crippen LogP contribution in [0.5, 0.6) is 0 Å². The van der Waals surface area contributed by atoms with E-state index in [-0.39, 0.29) is 43.2 Å². The van der Waals surface area contributed by atoms with E-state index in [1.54, 1.807) is 50.3 Å². The average molecular weight is 687 g/mol. The third kappa shape index (κ3) is 6.63. The third-order valence-corrected chi connectivity index (χ3v) is 9.30. The van der Waals surface area contributed by atoms with Crippen molar-refractivity contribution in [1.82, 2.24) is 19.8 Å². The second-order valence-corrected chi connectivity index (χ2v) is 14.1. The lowest BCUT2D eigenvalue weighted by Gasteiger charge is -2.36. The van der Waals surface area contributed by atoms with Gasteiger partial charge in [0.15, 0.2) is 0 Å². The molecule has 0 amide bonds. The van der Waals surface area contributed by atoms with E-state index in [0.29, 0.717) is 36.6 Å². The summed E-state index contributed by atoms with van der Waals surface area (Å²) in [5.41, 5.74) is 2.70. The number of fused-ring (bicyclic) bond motifs is 5. The Morgan fingerprint density at radius 2 is 1.92 bits per heavy atom. The zero-order chi connectivity index (χ0) is 35.8. The van der Waals surface area contributed by atoms with Crippen molar-refractivity contribution in [3.8, 4) is 11.4 Å². The van der Waals surface area contributed by atoms with Gasteiger partial charge in [0.1, 0.15) is 12.2 Å². The zero-order valence-electron chi connectivity index (χ0n) is 29.8. The number of esters is 3. The van der Waals surface area contributed by atoms with Gasteiger partial charge in [-0.2, -0.15) is 0 Å². The van der Waals surface area contributed by atoms with Gasteiger partial charge in [0.05, 0.1) is 65.2 Å². The van der Waals surface area contributed by atoms with Gasteiger partial charge in [0.25, 0.3) is 5.56 Å². The van der Waals surface area contributed by atoms with Crippen molar-refractivity contribution in [2.24, 2.45) is 4.99 Å². The van der Waals surface area contributed by atoms with E-state index in [4.69, 9.17) is 24.2 Å². The third-order valence-electron chi connectivity index (χ3n) is 9.30. The monoisotopic (exact) mass is 686 g/mol. The van der Waals surface area contributed by atoms with Crippen molar-refractivity contribution < 1.29 is 28.6 Å². The smallest absolute Gasteiger partial charge is 0.355 e. The highest BCUT2D eigenvalue weighted by atomic mass is 16.6. The van der Waals surface area contributed by atoms with Gasteiger partial charge in [0.2, 0.25) is 5.60 Å². The molecule has 50 heavy (non-hydrogen) atoms. The number of carbonyl (C=O) groups excluding carboxylic acids is 3. The highest BCUT2D eigenvalue weighted by Crippen LogP contribution is 2.47. The fraction of sp³-hybridized carbons (Fsp3) is 0.514. The molecule has 3 aromatic rings. The lowest BCUT2D eigenvalue weighted by molar-refractivity contribution is -0.189. The second-order valence-electron chi connectivity index (χ2n) is 14.1. The largest absolute Gasteiger partial charge is 0.459 e. The van der Waals surface area contributed by atoms with Gasteiger partial charge >= 0.3 is 17.9 Å². The number of aromatic nitrogens is 2. The molecule has 0 saturated carbocycles. The molecule has 0 unspecified atom stereocenters. The van der Waals surface area contributed by atoms with Crippen molar-refractivity contribution in [2.75, 3.05) is 44.7 Å². The molecule has 266 valence electrons. The maximum atomic E-state index is 14.2. The van der Waals surface area contributed by atoms with Gasteiger partial charge in [-0.1, -0.05) is 32.8 Å². The Labute approximate surface area is 291 Å². The number of likely N-dealkylation sites (N-methyl/N-ethyl adjacent to an activating group) is 1. The highest BCUT2D eigenvalue weighted by molar-refractivity contribution is 6.11. The van der Waals surface area contributed by atoms with Crippen LogP contribution in [-0.4, -0.2) is 84.1 Å². The Bertz CT molecular complexity index is 1930. The van der Waals surface area contributed by atoms with Crippen LogP contribution in [0.15, 0.2) is 34.1 Å². The molecule has 1 aromatic carbocycles. The second kappa shape index (κ2) is 13.9. The Morgan fingerprint density at radius 1 is 1.12 bits per heavy atom. The lowest BCUT2D eigenvalue weighted by Crippen LogP contribution is -2.48. The van der Waals surface area contributed by atoms with Crippen LogP contribution in [0.2, 0.25) is 0 Å². The van der Waals surface area contributed by atoms with E-state index in [2.05, 4.69) is 17.1 Å². The molecule has 2 aromatic heterocycles. The number of hydrogen-bond donors (Lipinski definition) is 1. The number of anilines is 1. The van der Waals surface area contributed by atoms with Gasteiger partial charge < -0.3 is 29.0 Å². The van der Waals surface area contributed by atoms with Crippen molar-refractivity contribution >= 4 is 46.5 Å². The van der Waals surface area contributed by atoms with Gasteiger partial charge in [-0.3, -0.25) is 19.3 Å². The SMILES string of the molecule is CCCCCN1C=Nc2cccc3nc4c(c1c23)Cn1c-4cc2c(c1=O)COC(=O)[C@@]2(CC)OC(=O)CN(C)CCNCC(=O)OC(C)(C)C. The number of nitrogens with one attached hydrogen (secondary N) is 1. The molecule has 0 spiro atoms. The van der Waals surface area contributed by atoms with E-state index in [1.807, 2.05) is 24.5 Å². The average Bonchev–Trinajstić information content (AvgIpc) is 3.43. The molecule has 1 N–H and O–H groups in total. The van der Waals surface area contributed by atoms with Crippen LogP contribution in [0.25, 0.3) is 22.3 Å². The summed E-state index contributed by atoms with van der Waals surface area (Å²) in [5.74, 6) is -1.72. The van der Waals surface area contributed by atoms with Gasteiger partial charge in [-0.15, -0.1) is 0 Å². The van der Waals surface area contributed by atoms with Crippen molar-refractivity contribution in [1.29, 1.82) is 0 Å². The molecule has 3 aliphatic rings. The molecular weight excluding hydrogens is 640 g/mol. The summed E-state index contributed by atoms with van der Waals surface area (Å²) < 4.78 is 18.5. The van der Waals surface area contributed by atoms with Crippen LogP contribution in [0, 0.1) is 0 Å². The van der Waals surface area contributed by atoms with Gasteiger partial charge in [-0.25, -0.2) is 14.8 Å². The zero-order valence-corrected chi connectivity index (χ0v) is 29.8. The first-order valence-corrected chi connectivity index (χ1v) is 17.4. The standard InChI is InChI=1S/C37H46N6O7/c1-7-9-10-15-42-22-39-26-12-11-13-27-31(26)33(42)23-19-43-28(32(23)40-27)17-25-24(34(43)46)21-48-35(47)37(25,8-2)50-30(45)20-41(6)16-14-38-18-29(44)49-36(3,4)5/h11-13,17,22,38H,7-10,14-16,18-21H2,1-6H3/t37-/m0/s1. The number of cyclic esters (lactones) is 1. The number of unbranched alkanes of at least 4 members (excludes halogenated alkanes) is 2. The molecule has 13 heteroatoms. The minimum absolute atomic E-state index is 0.0396. The topological polar surface area (TPSA) is 145 Å². The number of nitrogens with zero attached hydrogens (tertiary/aromatic N) is 5. The molecule has 1 atom stereocenters. The Kier molecular flexibility index (Phi) is 9.82.